The molecule has 0 aromatic heterocycles. The van der Waals surface area contributed by atoms with Crippen molar-refractivity contribution in [1.82, 2.24) is 0 Å². The highest BCUT2D eigenvalue weighted by molar-refractivity contribution is 4.86. The largest absolute Gasteiger partial charge is 0.505 e. The lowest BCUT2D eigenvalue weighted by atomic mass is 9.80. The molecule has 0 radical (unpaired) electrons. The van der Waals surface area contributed by atoms with E-state index in [1.165, 1.54) is 51.4 Å². The molecule has 0 atom stereocenters. The van der Waals surface area contributed by atoms with Crippen LogP contribution in [0.2, 0.25) is 0 Å². The Hall–Kier alpha value is -0.460. The van der Waals surface area contributed by atoms with Crippen LogP contribution < -0.4 is 0 Å². The maximum absolute atomic E-state index is 4.97. The summed E-state index contributed by atoms with van der Waals surface area (Å²) in [7, 11) is 1.73. The molecular weight excluding hydrogens is 184 g/mol. The van der Waals surface area contributed by atoms with Crippen LogP contribution in [0.5, 0.6) is 0 Å². The second-order valence-corrected chi connectivity index (χ2v) is 4.84. The van der Waals surface area contributed by atoms with Gasteiger partial charge in [0.1, 0.15) is 0 Å². The lowest BCUT2D eigenvalue weighted by molar-refractivity contribution is 0.280. The van der Waals surface area contributed by atoms with Crippen molar-refractivity contribution in [2.24, 2.45) is 11.8 Å². The molecule has 1 aliphatic rings. The SMILES string of the molecule is CCCCCC1CCC(C=COC)CC1. The smallest absolute Gasteiger partial charge is 0.0787 e. The zero-order valence-corrected chi connectivity index (χ0v) is 10.4. The predicted molar refractivity (Wildman–Crippen MR) is 65.7 cm³/mol. The first-order valence-electron chi connectivity index (χ1n) is 6.56. The normalized spacial score (nSPS) is 27.1. The van der Waals surface area contributed by atoms with Crippen molar-refractivity contribution in [3.8, 4) is 0 Å². The zero-order valence-electron chi connectivity index (χ0n) is 10.4. The Bertz CT molecular complexity index is 166. The summed E-state index contributed by atoms with van der Waals surface area (Å²) in [5, 5.41) is 0. The Morgan fingerprint density at radius 2 is 1.87 bits per heavy atom. The summed E-state index contributed by atoms with van der Waals surface area (Å²) in [6.07, 6.45) is 15.4. The quantitative estimate of drug-likeness (QED) is 0.462. The van der Waals surface area contributed by atoms with Gasteiger partial charge >= 0.3 is 0 Å². The van der Waals surface area contributed by atoms with Crippen molar-refractivity contribution >= 4 is 0 Å². The van der Waals surface area contributed by atoms with Crippen molar-refractivity contribution in [3.05, 3.63) is 12.3 Å². The molecule has 1 heteroatoms. The Morgan fingerprint density at radius 1 is 1.13 bits per heavy atom. The Balaban J connectivity index is 2.09. The molecule has 1 fully saturated rings. The third kappa shape index (κ3) is 5.25. The molecule has 1 aliphatic carbocycles. The summed E-state index contributed by atoms with van der Waals surface area (Å²) < 4.78 is 4.97. The van der Waals surface area contributed by atoms with Crippen LogP contribution in [0.3, 0.4) is 0 Å². The summed E-state index contributed by atoms with van der Waals surface area (Å²) in [4.78, 5) is 0. The lowest BCUT2D eigenvalue weighted by Gasteiger charge is -2.26. The van der Waals surface area contributed by atoms with Crippen molar-refractivity contribution in [2.45, 2.75) is 58.3 Å². The standard InChI is InChI=1S/C14H26O/c1-3-4-5-6-13-7-9-14(10-8-13)11-12-15-2/h11-14H,3-10H2,1-2H3. The topological polar surface area (TPSA) is 9.23 Å². The third-order valence-corrected chi connectivity index (χ3v) is 3.59. The van der Waals surface area contributed by atoms with Crippen molar-refractivity contribution < 1.29 is 4.74 Å². The average Bonchev–Trinajstić information content (AvgIpc) is 2.28. The van der Waals surface area contributed by atoms with Gasteiger partial charge in [-0.1, -0.05) is 32.6 Å². The van der Waals surface area contributed by atoms with Gasteiger partial charge in [0.05, 0.1) is 13.4 Å². The molecule has 0 aromatic rings. The minimum Gasteiger partial charge on any atom is -0.505 e. The van der Waals surface area contributed by atoms with E-state index in [2.05, 4.69) is 13.0 Å². The second-order valence-electron chi connectivity index (χ2n) is 4.84. The fourth-order valence-corrected chi connectivity index (χ4v) is 2.54. The van der Waals surface area contributed by atoms with Crippen LogP contribution in [0.4, 0.5) is 0 Å². The van der Waals surface area contributed by atoms with Gasteiger partial charge in [0.15, 0.2) is 0 Å². The van der Waals surface area contributed by atoms with Gasteiger partial charge in [-0.3, -0.25) is 0 Å². The van der Waals surface area contributed by atoms with E-state index in [0.29, 0.717) is 0 Å². The van der Waals surface area contributed by atoms with Crippen molar-refractivity contribution in [1.29, 1.82) is 0 Å². The van der Waals surface area contributed by atoms with Gasteiger partial charge in [0, 0.05) is 0 Å². The van der Waals surface area contributed by atoms with Gasteiger partial charge in [0.25, 0.3) is 0 Å². The average molecular weight is 210 g/mol. The predicted octanol–water partition coefficient (Wildman–Crippen LogP) is 4.53. The monoisotopic (exact) mass is 210 g/mol. The number of ether oxygens (including phenoxy) is 1. The van der Waals surface area contributed by atoms with Crippen LogP contribution in [0.1, 0.15) is 58.3 Å². The molecule has 0 heterocycles. The van der Waals surface area contributed by atoms with E-state index in [0.717, 1.165) is 11.8 Å². The molecule has 1 rings (SSSR count). The Kier molecular flexibility index (Phi) is 6.54. The molecule has 88 valence electrons. The second kappa shape index (κ2) is 7.78. The first kappa shape index (κ1) is 12.6. The summed E-state index contributed by atoms with van der Waals surface area (Å²) in [5.74, 6) is 1.80. The summed E-state index contributed by atoms with van der Waals surface area (Å²) in [6.45, 7) is 2.28. The minimum absolute atomic E-state index is 0.785. The van der Waals surface area contributed by atoms with Crippen molar-refractivity contribution in [2.75, 3.05) is 7.11 Å². The molecule has 15 heavy (non-hydrogen) atoms. The van der Waals surface area contributed by atoms with E-state index in [-0.39, 0.29) is 0 Å². The molecule has 0 N–H and O–H groups in total. The summed E-state index contributed by atoms with van der Waals surface area (Å²) in [6, 6.07) is 0. The van der Waals surface area contributed by atoms with E-state index in [1.54, 1.807) is 7.11 Å². The third-order valence-electron chi connectivity index (χ3n) is 3.59. The molecule has 0 bridgehead atoms. The number of rotatable bonds is 6. The lowest BCUT2D eigenvalue weighted by Crippen LogP contribution is -2.13. The maximum Gasteiger partial charge on any atom is 0.0787 e. The first-order chi connectivity index (χ1) is 7.36. The molecule has 0 unspecified atom stereocenters. The number of hydrogen-bond acceptors (Lipinski definition) is 1. The van der Waals surface area contributed by atoms with Gasteiger partial charge in [-0.25, -0.2) is 0 Å². The molecular formula is C14H26O. The molecule has 0 amide bonds. The zero-order chi connectivity index (χ0) is 10.9. The van der Waals surface area contributed by atoms with Crippen LogP contribution in [0.15, 0.2) is 12.3 Å². The van der Waals surface area contributed by atoms with Crippen molar-refractivity contribution in [3.63, 3.8) is 0 Å². The number of hydrogen-bond donors (Lipinski definition) is 0. The number of allylic oxidation sites excluding steroid dienone is 1. The number of unbranched alkanes of at least 4 members (excludes halogenated alkanes) is 2. The Morgan fingerprint density at radius 3 is 2.47 bits per heavy atom. The fraction of sp³-hybridized carbons (Fsp3) is 0.857. The van der Waals surface area contributed by atoms with E-state index < -0.39 is 0 Å². The summed E-state index contributed by atoms with van der Waals surface area (Å²) >= 11 is 0. The van der Waals surface area contributed by atoms with Gasteiger partial charge < -0.3 is 4.74 Å². The van der Waals surface area contributed by atoms with Gasteiger partial charge in [-0.2, -0.15) is 0 Å². The van der Waals surface area contributed by atoms with Gasteiger partial charge in [-0.15, -0.1) is 0 Å². The minimum atomic E-state index is 0.785. The van der Waals surface area contributed by atoms with E-state index in [9.17, 15) is 0 Å². The van der Waals surface area contributed by atoms with Crippen LogP contribution >= 0.6 is 0 Å². The van der Waals surface area contributed by atoms with Gasteiger partial charge in [-0.05, 0) is 43.6 Å². The highest BCUT2D eigenvalue weighted by Gasteiger charge is 2.18. The molecule has 1 saturated carbocycles. The van der Waals surface area contributed by atoms with Crippen LogP contribution in [-0.4, -0.2) is 7.11 Å². The highest BCUT2D eigenvalue weighted by Crippen LogP contribution is 2.32. The van der Waals surface area contributed by atoms with E-state index >= 15 is 0 Å². The van der Waals surface area contributed by atoms with Crippen LogP contribution in [0.25, 0.3) is 0 Å². The first-order valence-corrected chi connectivity index (χ1v) is 6.56. The van der Waals surface area contributed by atoms with E-state index in [1.807, 2.05) is 6.26 Å². The van der Waals surface area contributed by atoms with Crippen LogP contribution in [-0.2, 0) is 4.74 Å². The molecule has 0 aliphatic heterocycles. The molecule has 0 aromatic carbocycles. The Labute approximate surface area is 94.9 Å². The highest BCUT2D eigenvalue weighted by atomic mass is 16.5. The summed E-state index contributed by atoms with van der Waals surface area (Å²) in [5.41, 5.74) is 0. The van der Waals surface area contributed by atoms with E-state index in [4.69, 9.17) is 4.74 Å². The van der Waals surface area contributed by atoms with Crippen LogP contribution in [0, 0.1) is 11.8 Å². The van der Waals surface area contributed by atoms with Gasteiger partial charge in [0.2, 0.25) is 0 Å². The molecule has 0 spiro atoms. The molecule has 0 saturated heterocycles. The fourth-order valence-electron chi connectivity index (χ4n) is 2.54. The maximum atomic E-state index is 4.97. The number of methoxy groups -OCH3 is 1. The molecule has 1 nitrogen and oxygen atoms in total.